The number of rotatable bonds is 28. The van der Waals surface area contributed by atoms with Gasteiger partial charge in [0.2, 0.25) is 29.5 Å². The van der Waals surface area contributed by atoms with Crippen LogP contribution in [0.2, 0.25) is 0 Å². The summed E-state index contributed by atoms with van der Waals surface area (Å²) in [6, 6.07) is 9.09. The van der Waals surface area contributed by atoms with Crippen molar-refractivity contribution in [3.63, 3.8) is 0 Å². The molecule has 0 aliphatic carbocycles. The van der Waals surface area contributed by atoms with Gasteiger partial charge in [0.1, 0.15) is 18.1 Å². The molecular formula is C54H80N10O11S. The Labute approximate surface area is 447 Å². The second-order valence-corrected chi connectivity index (χ2v) is 23.0. The van der Waals surface area contributed by atoms with Gasteiger partial charge in [-0.2, -0.15) is 0 Å². The quantitative estimate of drug-likeness (QED) is 0.0345. The zero-order valence-corrected chi connectivity index (χ0v) is 46.8. The fraction of sp³-hybridized carbons (Fsp3) is 0.537. The Balaban J connectivity index is 1.71. The van der Waals surface area contributed by atoms with Gasteiger partial charge in [0.05, 0.1) is 17.0 Å². The summed E-state index contributed by atoms with van der Waals surface area (Å²) < 4.78 is 29.2. The summed E-state index contributed by atoms with van der Waals surface area (Å²) in [5, 5.41) is 16.6. The summed E-state index contributed by atoms with van der Waals surface area (Å²) in [6.07, 6.45) is 5.69. The van der Waals surface area contributed by atoms with Gasteiger partial charge in [0.15, 0.2) is 0 Å². The average molecular weight is 1080 g/mol. The van der Waals surface area contributed by atoms with E-state index in [1.165, 1.54) is 54.3 Å². The summed E-state index contributed by atoms with van der Waals surface area (Å²) in [7, 11) is -1.23. The fourth-order valence-corrected chi connectivity index (χ4v) is 9.60. The number of primary amides is 1. The standard InChI is InChI=1S/C54H80N10O11S/c1-33(2)40(63(12)51(72)46(53(6,7)8)61-50(71)45(56-11)54(9,10)36-20-15-13-16-21-36)32-35(5)47(68)62-76(74,75)38-26-24-37(25-27-38)58-48(69)39(22-19-30-57-52(55)73)59-49(70)44(34(3)4)60-41(65)23-17-14-18-31-64-42(66)28-29-43(64)67/h13,15-16,20-21,24-29,32-34,39-40,44-46,56H,14,17-19,22-23,30-31H2,1-12H3,(H,58,69)(H,59,70)(H,60,65)(H,61,71)(H,62,68)(H3,55,57,73)/b35-32+/t39-,40+,44-,45+,46+/m0/s1. The SMILES string of the molecule is CN[C@H](C(=O)N[C@H](C(=O)N(C)[C@H](/C=C(\C)C(=O)NS(=O)(=O)c1ccc(NC(=O)[C@H](CCCNC(N)=O)NC(=O)[C@@H](NC(=O)CCCCCN2C(=O)C=CC2=O)C(C)C)cc1)C(C)C)C(C)(C)C)C(C)(C)c1ccccc1. The number of sulfonamides is 1. The van der Waals surface area contributed by atoms with E-state index in [9.17, 15) is 51.6 Å². The van der Waals surface area contributed by atoms with Crippen molar-refractivity contribution in [2.24, 2.45) is 23.0 Å². The number of anilines is 1. The first-order valence-electron chi connectivity index (χ1n) is 25.6. The molecule has 0 saturated heterocycles. The van der Waals surface area contributed by atoms with Crippen LogP contribution in [0.25, 0.3) is 0 Å². The molecule has 1 heterocycles. The Morgan fingerprint density at radius 1 is 0.750 bits per heavy atom. The van der Waals surface area contributed by atoms with Crippen LogP contribution in [0, 0.1) is 17.3 Å². The minimum Gasteiger partial charge on any atom is -0.352 e. The van der Waals surface area contributed by atoms with Crippen molar-refractivity contribution in [2.75, 3.05) is 32.5 Å². The topological polar surface area (TPSA) is 304 Å². The fourth-order valence-electron chi connectivity index (χ4n) is 8.58. The smallest absolute Gasteiger partial charge is 0.312 e. The van der Waals surface area contributed by atoms with E-state index in [2.05, 4.69) is 36.6 Å². The number of imide groups is 1. The maximum absolute atomic E-state index is 14.4. The third-order valence-electron chi connectivity index (χ3n) is 13.2. The normalized spacial score (nSPS) is 15.1. The first kappa shape index (κ1) is 63.4. The van der Waals surface area contributed by atoms with E-state index in [1.54, 1.807) is 27.9 Å². The molecule has 10 amide bonds. The molecule has 0 unspecified atom stereocenters. The van der Waals surface area contributed by atoms with Crippen LogP contribution in [0.1, 0.15) is 113 Å². The average Bonchev–Trinajstić information content (AvgIpc) is 3.66. The number of unbranched alkanes of at least 4 members (excludes halogenated alkanes) is 2. The number of benzene rings is 2. The molecule has 22 heteroatoms. The molecule has 9 N–H and O–H groups in total. The predicted molar refractivity (Wildman–Crippen MR) is 289 cm³/mol. The molecule has 0 bridgehead atoms. The van der Waals surface area contributed by atoms with Crippen LogP contribution in [0.5, 0.6) is 0 Å². The van der Waals surface area contributed by atoms with E-state index in [0.29, 0.717) is 19.3 Å². The molecule has 5 atom stereocenters. The molecular weight excluding hydrogens is 997 g/mol. The van der Waals surface area contributed by atoms with E-state index < -0.39 is 92.5 Å². The Bertz CT molecular complexity index is 2560. The molecule has 0 fully saturated rings. The molecule has 21 nitrogen and oxygen atoms in total. The zero-order valence-electron chi connectivity index (χ0n) is 46.0. The minimum atomic E-state index is -4.48. The first-order valence-corrected chi connectivity index (χ1v) is 27.0. The number of nitrogens with one attached hydrogen (secondary N) is 7. The van der Waals surface area contributed by atoms with Gasteiger partial charge in [-0.25, -0.2) is 17.9 Å². The molecule has 0 spiro atoms. The highest BCUT2D eigenvalue weighted by molar-refractivity contribution is 7.90. The van der Waals surface area contributed by atoms with Crippen LogP contribution in [-0.2, 0) is 53.8 Å². The maximum Gasteiger partial charge on any atom is 0.312 e. The highest BCUT2D eigenvalue weighted by Gasteiger charge is 2.42. The van der Waals surface area contributed by atoms with Crippen molar-refractivity contribution in [2.45, 2.75) is 148 Å². The molecule has 3 rings (SSSR count). The number of amides is 10. The van der Waals surface area contributed by atoms with Crippen LogP contribution in [0.4, 0.5) is 10.5 Å². The van der Waals surface area contributed by atoms with Gasteiger partial charge in [0, 0.05) is 55.4 Å². The van der Waals surface area contributed by atoms with Crippen molar-refractivity contribution in [1.82, 2.24) is 41.1 Å². The third-order valence-corrected chi connectivity index (χ3v) is 14.5. The van der Waals surface area contributed by atoms with Crippen molar-refractivity contribution < 1.29 is 51.6 Å². The number of likely N-dealkylation sites (N-methyl/N-ethyl adjacent to an activating group) is 2. The summed E-state index contributed by atoms with van der Waals surface area (Å²) in [5.74, 6) is -4.92. The first-order chi connectivity index (χ1) is 35.4. The van der Waals surface area contributed by atoms with Gasteiger partial charge in [-0.05, 0) is 86.7 Å². The van der Waals surface area contributed by atoms with Crippen LogP contribution < -0.4 is 42.4 Å². The zero-order chi connectivity index (χ0) is 57.3. The van der Waals surface area contributed by atoms with Crippen molar-refractivity contribution in [3.05, 3.63) is 84.0 Å². The van der Waals surface area contributed by atoms with E-state index in [0.717, 1.165) is 10.5 Å². The van der Waals surface area contributed by atoms with Crippen molar-refractivity contribution >= 4 is 69.0 Å². The van der Waals surface area contributed by atoms with Gasteiger partial charge in [0.25, 0.3) is 27.7 Å². The van der Waals surface area contributed by atoms with E-state index in [-0.39, 0.29) is 72.1 Å². The largest absolute Gasteiger partial charge is 0.352 e. The third kappa shape index (κ3) is 18.4. The molecule has 1 aliphatic rings. The minimum absolute atomic E-state index is 0.00104. The molecule has 0 radical (unpaired) electrons. The van der Waals surface area contributed by atoms with Gasteiger partial charge < -0.3 is 42.5 Å². The summed E-state index contributed by atoms with van der Waals surface area (Å²) in [6.45, 7) is 18.3. The number of hydrogen-bond donors (Lipinski definition) is 8. The molecule has 0 aromatic heterocycles. The van der Waals surface area contributed by atoms with Gasteiger partial charge in [-0.1, -0.05) is 105 Å². The van der Waals surface area contributed by atoms with Crippen LogP contribution in [-0.4, -0.2) is 129 Å². The van der Waals surface area contributed by atoms with E-state index in [4.69, 9.17) is 5.73 Å². The highest BCUT2D eigenvalue weighted by Crippen LogP contribution is 2.29. The van der Waals surface area contributed by atoms with Crippen LogP contribution >= 0.6 is 0 Å². The molecule has 2 aromatic carbocycles. The van der Waals surface area contributed by atoms with E-state index in [1.807, 2.05) is 78.8 Å². The molecule has 2 aromatic rings. The predicted octanol–water partition coefficient (Wildman–Crippen LogP) is 3.52. The number of hydrogen-bond acceptors (Lipinski definition) is 12. The monoisotopic (exact) mass is 1080 g/mol. The molecule has 76 heavy (non-hydrogen) atoms. The lowest BCUT2D eigenvalue weighted by molar-refractivity contribution is -0.141. The second kappa shape index (κ2) is 28.3. The number of nitrogens with two attached hydrogens (primary N) is 1. The summed E-state index contributed by atoms with van der Waals surface area (Å²) in [4.78, 5) is 119. The van der Waals surface area contributed by atoms with Crippen LogP contribution in [0.15, 0.2) is 83.3 Å². The Hall–Kier alpha value is -6.94. The highest BCUT2D eigenvalue weighted by atomic mass is 32.2. The maximum atomic E-state index is 14.4. The van der Waals surface area contributed by atoms with Crippen LogP contribution in [0.3, 0.4) is 0 Å². The second-order valence-electron chi connectivity index (χ2n) is 21.4. The summed E-state index contributed by atoms with van der Waals surface area (Å²) in [5.41, 5.74) is 4.87. The number of carbonyl (C=O) groups excluding carboxylic acids is 9. The number of nitrogens with zero attached hydrogens (tertiary/aromatic N) is 2. The molecule has 418 valence electrons. The summed E-state index contributed by atoms with van der Waals surface area (Å²) >= 11 is 0. The lowest BCUT2D eigenvalue weighted by Gasteiger charge is -2.40. The van der Waals surface area contributed by atoms with Gasteiger partial charge >= 0.3 is 6.03 Å². The Morgan fingerprint density at radius 2 is 1.36 bits per heavy atom. The molecule has 1 aliphatic heterocycles. The lowest BCUT2D eigenvalue weighted by atomic mass is 9.76. The van der Waals surface area contributed by atoms with Crippen molar-refractivity contribution in [3.8, 4) is 0 Å². The lowest BCUT2D eigenvalue weighted by Crippen LogP contribution is -2.61. The molecule has 0 saturated carbocycles. The van der Waals surface area contributed by atoms with Gasteiger partial charge in [-0.3, -0.25) is 43.3 Å². The number of carbonyl (C=O) groups is 9. The van der Waals surface area contributed by atoms with Gasteiger partial charge in [-0.15, -0.1) is 0 Å². The Morgan fingerprint density at radius 3 is 1.89 bits per heavy atom. The number of urea groups is 1. The van der Waals surface area contributed by atoms with Crippen molar-refractivity contribution in [1.29, 1.82) is 0 Å². The Kier molecular flexibility index (Phi) is 23.6. The van der Waals surface area contributed by atoms with E-state index >= 15 is 0 Å².